The molecule has 1 aliphatic heterocycles. The predicted molar refractivity (Wildman–Crippen MR) is 119 cm³/mol. The van der Waals surface area contributed by atoms with Crippen LogP contribution in [0.4, 0.5) is 0 Å². The highest BCUT2D eigenvalue weighted by atomic mass is 16.4. The Bertz CT molecular complexity index is 1120. The van der Waals surface area contributed by atoms with Crippen molar-refractivity contribution in [1.29, 1.82) is 0 Å². The van der Waals surface area contributed by atoms with E-state index in [0.717, 1.165) is 55.7 Å². The minimum absolute atomic E-state index is 0.0987. The quantitative estimate of drug-likeness (QED) is 0.638. The van der Waals surface area contributed by atoms with E-state index in [0.29, 0.717) is 17.1 Å². The van der Waals surface area contributed by atoms with Crippen LogP contribution < -0.4 is 0 Å². The minimum atomic E-state index is -0.945. The molecule has 1 saturated carbocycles. The highest BCUT2D eigenvalue weighted by Gasteiger charge is 2.24. The van der Waals surface area contributed by atoms with Gasteiger partial charge in [-0.1, -0.05) is 25.0 Å². The summed E-state index contributed by atoms with van der Waals surface area (Å²) in [4.78, 5) is 31.0. The zero-order chi connectivity index (χ0) is 21.4. The van der Waals surface area contributed by atoms with Gasteiger partial charge in [0.25, 0.3) is 5.91 Å². The molecule has 3 aromatic rings. The van der Waals surface area contributed by atoms with E-state index < -0.39 is 5.97 Å². The lowest BCUT2D eigenvalue weighted by Crippen LogP contribution is -2.35. The van der Waals surface area contributed by atoms with Gasteiger partial charge in [-0.15, -0.1) is 0 Å². The lowest BCUT2D eigenvalue weighted by Gasteiger charge is -2.26. The molecule has 160 valence electrons. The second-order valence-electron chi connectivity index (χ2n) is 8.68. The molecule has 1 saturated heterocycles. The summed E-state index contributed by atoms with van der Waals surface area (Å²) in [6.07, 6.45) is 7.95. The Morgan fingerprint density at radius 2 is 1.55 bits per heavy atom. The molecule has 0 spiro atoms. The number of hydrogen-bond acceptors (Lipinski definition) is 3. The number of carbonyl (C=O) groups is 2. The Morgan fingerprint density at radius 1 is 0.871 bits per heavy atom. The van der Waals surface area contributed by atoms with Crippen molar-refractivity contribution in [2.75, 3.05) is 13.1 Å². The molecule has 1 aliphatic carbocycles. The zero-order valence-corrected chi connectivity index (χ0v) is 17.6. The minimum Gasteiger partial charge on any atom is -0.478 e. The van der Waals surface area contributed by atoms with Gasteiger partial charge >= 0.3 is 5.97 Å². The summed E-state index contributed by atoms with van der Waals surface area (Å²) >= 11 is 0. The number of nitrogens with zero attached hydrogens (tertiary/aromatic N) is 3. The lowest BCUT2D eigenvalue weighted by atomic mass is 10.1. The molecule has 2 heterocycles. The molecule has 31 heavy (non-hydrogen) atoms. The Kier molecular flexibility index (Phi) is 5.22. The van der Waals surface area contributed by atoms with Crippen LogP contribution in [0.5, 0.6) is 0 Å². The number of rotatable bonds is 4. The van der Waals surface area contributed by atoms with Crippen molar-refractivity contribution >= 4 is 22.9 Å². The molecule has 5 rings (SSSR count). The number of amides is 1. The van der Waals surface area contributed by atoms with Gasteiger partial charge in [-0.25, -0.2) is 9.78 Å². The fraction of sp³-hybridized carbons (Fsp3) is 0.400. The second kappa shape index (κ2) is 8.17. The Balaban J connectivity index is 1.53. The third-order valence-corrected chi connectivity index (χ3v) is 6.66. The number of carboxylic acid groups (broad SMARTS) is 1. The van der Waals surface area contributed by atoms with Gasteiger partial charge in [0, 0.05) is 30.3 Å². The van der Waals surface area contributed by atoms with Gasteiger partial charge in [0.1, 0.15) is 5.82 Å². The molecule has 0 atom stereocenters. The van der Waals surface area contributed by atoms with Crippen molar-refractivity contribution in [3.8, 4) is 11.4 Å². The molecule has 1 aromatic heterocycles. The van der Waals surface area contributed by atoms with E-state index in [9.17, 15) is 14.7 Å². The Hall–Kier alpha value is -3.15. The highest BCUT2D eigenvalue weighted by Crippen LogP contribution is 2.37. The standard InChI is InChI=1S/C25H27N3O3/c29-24(27-14-4-1-5-15-27)18-10-8-17(9-11-18)23-26-21-16-19(25(30)31)12-13-22(21)28(23)20-6-2-3-7-20/h8-13,16,20H,1-7,14-15H2,(H,30,31). The van der Waals surface area contributed by atoms with E-state index in [-0.39, 0.29) is 11.5 Å². The fourth-order valence-corrected chi connectivity index (χ4v) is 5.01. The molecule has 2 fully saturated rings. The van der Waals surface area contributed by atoms with Crippen LogP contribution >= 0.6 is 0 Å². The van der Waals surface area contributed by atoms with Gasteiger partial charge in [0.15, 0.2) is 0 Å². The zero-order valence-electron chi connectivity index (χ0n) is 17.6. The van der Waals surface area contributed by atoms with E-state index in [1.165, 1.54) is 19.3 Å². The van der Waals surface area contributed by atoms with Crippen molar-refractivity contribution in [2.24, 2.45) is 0 Å². The summed E-state index contributed by atoms with van der Waals surface area (Å²) in [7, 11) is 0. The molecule has 6 heteroatoms. The number of carboxylic acids is 1. The summed E-state index contributed by atoms with van der Waals surface area (Å²) < 4.78 is 2.27. The van der Waals surface area contributed by atoms with Gasteiger partial charge in [0.2, 0.25) is 0 Å². The Morgan fingerprint density at radius 3 is 2.23 bits per heavy atom. The van der Waals surface area contributed by atoms with Crippen molar-refractivity contribution < 1.29 is 14.7 Å². The van der Waals surface area contributed by atoms with Crippen molar-refractivity contribution in [2.45, 2.75) is 51.0 Å². The molecular weight excluding hydrogens is 390 g/mol. The third kappa shape index (κ3) is 3.71. The van der Waals surface area contributed by atoms with Crippen LogP contribution in [0, 0.1) is 0 Å². The third-order valence-electron chi connectivity index (χ3n) is 6.66. The van der Waals surface area contributed by atoms with E-state index in [1.807, 2.05) is 35.2 Å². The van der Waals surface area contributed by atoms with Crippen LogP contribution in [-0.2, 0) is 0 Å². The van der Waals surface area contributed by atoms with Gasteiger partial charge in [-0.3, -0.25) is 4.79 Å². The van der Waals surface area contributed by atoms with Crippen molar-refractivity contribution in [3.63, 3.8) is 0 Å². The number of benzene rings is 2. The molecule has 0 bridgehead atoms. The van der Waals surface area contributed by atoms with Gasteiger partial charge in [-0.2, -0.15) is 0 Å². The van der Waals surface area contributed by atoms with E-state index >= 15 is 0 Å². The number of imidazole rings is 1. The number of fused-ring (bicyclic) bond motifs is 1. The predicted octanol–water partition coefficient (Wildman–Crippen LogP) is 5.14. The molecular formula is C25H27N3O3. The maximum absolute atomic E-state index is 12.8. The second-order valence-corrected chi connectivity index (χ2v) is 8.68. The summed E-state index contributed by atoms with van der Waals surface area (Å²) in [6, 6.07) is 13.3. The summed E-state index contributed by atoms with van der Waals surface area (Å²) in [5, 5.41) is 9.37. The largest absolute Gasteiger partial charge is 0.478 e. The molecule has 1 N–H and O–H groups in total. The SMILES string of the molecule is O=C(O)c1ccc2c(c1)nc(-c1ccc(C(=O)N3CCCCC3)cc1)n2C1CCCC1. The molecule has 0 radical (unpaired) electrons. The number of likely N-dealkylation sites (tertiary alicyclic amines) is 1. The van der Waals surface area contributed by atoms with E-state index in [4.69, 9.17) is 4.98 Å². The van der Waals surface area contributed by atoms with Crippen molar-refractivity contribution in [1.82, 2.24) is 14.5 Å². The average molecular weight is 418 g/mol. The van der Waals surface area contributed by atoms with Crippen LogP contribution in [0.2, 0.25) is 0 Å². The van der Waals surface area contributed by atoms with Gasteiger partial charge in [0.05, 0.1) is 16.6 Å². The monoisotopic (exact) mass is 417 g/mol. The summed E-state index contributed by atoms with van der Waals surface area (Å²) in [5.74, 6) is 0.00232. The first-order valence-corrected chi connectivity index (χ1v) is 11.3. The molecule has 2 aromatic carbocycles. The van der Waals surface area contributed by atoms with Crippen LogP contribution in [0.15, 0.2) is 42.5 Å². The first-order valence-electron chi connectivity index (χ1n) is 11.3. The Labute approximate surface area is 181 Å². The highest BCUT2D eigenvalue weighted by molar-refractivity contribution is 5.95. The number of aromatic nitrogens is 2. The van der Waals surface area contributed by atoms with E-state index in [2.05, 4.69) is 4.57 Å². The number of piperidine rings is 1. The van der Waals surface area contributed by atoms with E-state index in [1.54, 1.807) is 12.1 Å². The molecule has 2 aliphatic rings. The smallest absolute Gasteiger partial charge is 0.335 e. The summed E-state index contributed by atoms with van der Waals surface area (Å²) in [5.41, 5.74) is 3.59. The first-order chi connectivity index (χ1) is 15.1. The number of carbonyl (C=O) groups excluding carboxylic acids is 1. The fourth-order valence-electron chi connectivity index (χ4n) is 5.01. The molecule has 1 amide bonds. The maximum Gasteiger partial charge on any atom is 0.335 e. The van der Waals surface area contributed by atoms with Crippen LogP contribution in [0.1, 0.15) is 71.7 Å². The maximum atomic E-state index is 12.8. The van der Waals surface area contributed by atoms with Crippen LogP contribution in [0.3, 0.4) is 0 Å². The number of hydrogen-bond donors (Lipinski definition) is 1. The van der Waals surface area contributed by atoms with Crippen LogP contribution in [-0.4, -0.2) is 44.5 Å². The summed E-state index contributed by atoms with van der Waals surface area (Å²) in [6.45, 7) is 1.67. The topological polar surface area (TPSA) is 75.4 Å². The number of aromatic carboxylic acids is 1. The average Bonchev–Trinajstić information content (AvgIpc) is 3.46. The van der Waals surface area contributed by atoms with Crippen LogP contribution in [0.25, 0.3) is 22.4 Å². The van der Waals surface area contributed by atoms with Crippen molar-refractivity contribution in [3.05, 3.63) is 53.6 Å². The molecule has 6 nitrogen and oxygen atoms in total. The van der Waals surface area contributed by atoms with Gasteiger partial charge < -0.3 is 14.6 Å². The normalized spacial score (nSPS) is 17.4. The molecule has 0 unspecified atom stereocenters. The first kappa shape index (κ1) is 19.8. The lowest BCUT2D eigenvalue weighted by molar-refractivity contribution is 0.0694. The van der Waals surface area contributed by atoms with Gasteiger partial charge in [-0.05, 0) is 62.4 Å².